The maximum Gasteiger partial charge on any atom is 0.223 e. The van der Waals surface area contributed by atoms with Gasteiger partial charge in [-0.15, -0.1) is 0 Å². The van der Waals surface area contributed by atoms with Gasteiger partial charge in [-0.2, -0.15) is 0 Å². The molecule has 1 aliphatic rings. The maximum absolute atomic E-state index is 12.7. The first-order valence-corrected chi connectivity index (χ1v) is 9.27. The van der Waals surface area contributed by atoms with Gasteiger partial charge in [0.15, 0.2) is 0 Å². The molecule has 3 heteroatoms. The van der Waals surface area contributed by atoms with Crippen molar-refractivity contribution < 1.29 is 4.79 Å². The Morgan fingerprint density at radius 3 is 2.40 bits per heavy atom. The summed E-state index contributed by atoms with van der Waals surface area (Å²) in [5.41, 5.74) is 3.75. The molecule has 3 nitrogen and oxygen atoms in total. The SMILES string of the molecule is CC(CC(=O)N(C)Cc1ccccc1N1CCCC1)c1ccccc1. The molecule has 0 N–H and O–H groups in total. The molecule has 1 heterocycles. The van der Waals surface area contributed by atoms with Crippen molar-refractivity contribution in [1.29, 1.82) is 0 Å². The van der Waals surface area contributed by atoms with Gasteiger partial charge in [0.25, 0.3) is 0 Å². The highest BCUT2D eigenvalue weighted by molar-refractivity contribution is 5.77. The highest BCUT2D eigenvalue weighted by Crippen LogP contribution is 2.26. The Morgan fingerprint density at radius 2 is 1.68 bits per heavy atom. The fraction of sp³-hybridized carbons (Fsp3) is 0.409. The van der Waals surface area contributed by atoms with E-state index < -0.39 is 0 Å². The summed E-state index contributed by atoms with van der Waals surface area (Å²) in [6.07, 6.45) is 3.07. The molecule has 1 fully saturated rings. The second-order valence-electron chi connectivity index (χ2n) is 7.09. The second kappa shape index (κ2) is 8.19. The van der Waals surface area contributed by atoms with Gasteiger partial charge in [0, 0.05) is 38.8 Å². The predicted molar refractivity (Wildman–Crippen MR) is 104 cm³/mol. The van der Waals surface area contributed by atoms with Crippen LogP contribution in [0.1, 0.15) is 43.2 Å². The number of amides is 1. The number of hydrogen-bond donors (Lipinski definition) is 0. The van der Waals surface area contributed by atoms with E-state index in [0.717, 1.165) is 13.1 Å². The lowest BCUT2D eigenvalue weighted by Gasteiger charge is -2.25. The number of anilines is 1. The largest absolute Gasteiger partial charge is 0.371 e. The first kappa shape index (κ1) is 17.5. The van der Waals surface area contributed by atoms with Crippen LogP contribution in [0.4, 0.5) is 5.69 Å². The zero-order valence-electron chi connectivity index (χ0n) is 15.3. The van der Waals surface area contributed by atoms with Crippen molar-refractivity contribution in [2.45, 2.75) is 38.6 Å². The van der Waals surface area contributed by atoms with Crippen LogP contribution >= 0.6 is 0 Å². The first-order valence-electron chi connectivity index (χ1n) is 9.27. The maximum atomic E-state index is 12.7. The number of nitrogens with zero attached hydrogens (tertiary/aromatic N) is 2. The number of carbonyl (C=O) groups is 1. The summed E-state index contributed by atoms with van der Waals surface area (Å²) >= 11 is 0. The Bertz CT molecular complexity index is 692. The zero-order chi connectivity index (χ0) is 17.6. The minimum absolute atomic E-state index is 0.201. The molecule has 0 aromatic heterocycles. The molecule has 132 valence electrons. The summed E-state index contributed by atoms with van der Waals surface area (Å²) in [5, 5.41) is 0. The molecule has 0 radical (unpaired) electrons. The zero-order valence-corrected chi connectivity index (χ0v) is 15.3. The van der Waals surface area contributed by atoms with E-state index in [1.165, 1.54) is 29.7 Å². The highest BCUT2D eigenvalue weighted by atomic mass is 16.2. The quantitative estimate of drug-likeness (QED) is 0.778. The summed E-state index contributed by atoms with van der Waals surface area (Å²) in [6, 6.07) is 18.8. The van der Waals surface area contributed by atoms with Crippen molar-refractivity contribution in [3.63, 3.8) is 0 Å². The molecule has 1 aliphatic heterocycles. The molecule has 0 aliphatic carbocycles. The number of rotatable bonds is 6. The smallest absolute Gasteiger partial charge is 0.223 e. The molecule has 0 bridgehead atoms. The van der Waals surface area contributed by atoms with Crippen LogP contribution in [0.3, 0.4) is 0 Å². The normalized spacial score (nSPS) is 15.2. The average Bonchev–Trinajstić information content (AvgIpc) is 3.17. The molecular weight excluding hydrogens is 308 g/mol. The molecule has 2 aromatic carbocycles. The number of carbonyl (C=O) groups excluding carboxylic acids is 1. The number of benzene rings is 2. The minimum atomic E-state index is 0.201. The van der Waals surface area contributed by atoms with E-state index in [1.807, 2.05) is 30.1 Å². The van der Waals surface area contributed by atoms with Crippen LogP contribution in [0, 0.1) is 0 Å². The topological polar surface area (TPSA) is 23.6 Å². The van der Waals surface area contributed by atoms with Gasteiger partial charge in [-0.25, -0.2) is 0 Å². The molecule has 0 saturated carbocycles. The summed E-state index contributed by atoms with van der Waals surface area (Å²) in [4.78, 5) is 17.0. The van der Waals surface area contributed by atoms with Crippen LogP contribution in [0.5, 0.6) is 0 Å². The lowest BCUT2D eigenvalue weighted by Crippen LogP contribution is -2.28. The third-order valence-corrected chi connectivity index (χ3v) is 5.12. The van der Waals surface area contributed by atoms with Crippen molar-refractivity contribution in [3.05, 3.63) is 65.7 Å². The fourth-order valence-corrected chi connectivity index (χ4v) is 3.57. The fourth-order valence-electron chi connectivity index (χ4n) is 3.57. The first-order chi connectivity index (χ1) is 12.1. The van der Waals surface area contributed by atoms with Crippen LogP contribution in [0.25, 0.3) is 0 Å². The molecule has 3 rings (SSSR count). The second-order valence-corrected chi connectivity index (χ2v) is 7.09. The standard InChI is InChI=1S/C22H28N2O/c1-18(19-10-4-3-5-11-19)16-22(25)23(2)17-20-12-6-7-13-21(20)24-14-8-9-15-24/h3-7,10-13,18H,8-9,14-17H2,1-2H3. The van der Waals surface area contributed by atoms with Gasteiger partial charge in [0.1, 0.15) is 0 Å². The molecule has 1 amide bonds. The summed E-state index contributed by atoms with van der Waals surface area (Å²) < 4.78 is 0. The van der Waals surface area contributed by atoms with Gasteiger partial charge in [-0.1, -0.05) is 55.5 Å². The van der Waals surface area contributed by atoms with Crippen molar-refractivity contribution >= 4 is 11.6 Å². The lowest BCUT2D eigenvalue weighted by atomic mass is 9.97. The monoisotopic (exact) mass is 336 g/mol. The van der Waals surface area contributed by atoms with E-state index in [4.69, 9.17) is 0 Å². The minimum Gasteiger partial charge on any atom is -0.371 e. The Balaban J connectivity index is 1.64. The lowest BCUT2D eigenvalue weighted by molar-refractivity contribution is -0.130. The molecular formula is C22H28N2O. The van der Waals surface area contributed by atoms with Crippen LogP contribution in [-0.4, -0.2) is 30.9 Å². The van der Waals surface area contributed by atoms with Gasteiger partial charge >= 0.3 is 0 Å². The van der Waals surface area contributed by atoms with Gasteiger partial charge in [-0.3, -0.25) is 4.79 Å². The average molecular weight is 336 g/mol. The third-order valence-electron chi connectivity index (χ3n) is 5.12. The van der Waals surface area contributed by atoms with Crippen LogP contribution in [0.15, 0.2) is 54.6 Å². The van der Waals surface area contributed by atoms with Crippen molar-refractivity contribution in [3.8, 4) is 0 Å². The van der Waals surface area contributed by atoms with E-state index in [-0.39, 0.29) is 11.8 Å². The Kier molecular flexibility index (Phi) is 5.75. The van der Waals surface area contributed by atoms with Gasteiger partial charge in [0.05, 0.1) is 0 Å². The van der Waals surface area contributed by atoms with E-state index >= 15 is 0 Å². The van der Waals surface area contributed by atoms with E-state index in [2.05, 4.69) is 48.2 Å². The van der Waals surface area contributed by atoms with E-state index in [1.54, 1.807) is 0 Å². The predicted octanol–water partition coefficient (Wildman–Crippen LogP) is 4.44. The molecule has 1 unspecified atom stereocenters. The molecule has 1 saturated heterocycles. The molecule has 25 heavy (non-hydrogen) atoms. The van der Waals surface area contributed by atoms with E-state index in [9.17, 15) is 4.79 Å². The molecule has 1 atom stereocenters. The summed E-state index contributed by atoms with van der Waals surface area (Å²) in [5.74, 6) is 0.442. The summed E-state index contributed by atoms with van der Waals surface area (Å²) in [6.45, 7) is 5.05. The number of para-hydroxylation sites is 1. The van der Waals surface area contributed by atoms with Crippen LogP contribution in [0.2, 0.25) is 0 Å². The van der Waals surface area contributed by atoms with Crippen LogP contribution in [-0.2, 0) is 11.3 Å². The van der Waals surface area contributed by atoms with Crippen molar-refractivity contribution in [1.82, 2.24) is 4.90 Å². The Hall–Kier alpha value is -2.29. The molecule has 0 spiro atoms. The van der Waals surface area contributed by atoms with Crippen molar-refractivity contribution in [2.75, 3.05) is 25.0 Å². The third kappa shape index (κ3) is 4.41. The Labute approximate surface area is 151 Å². The van der Waals surface area contributed by atoms with Gasteiger partial charge in [0.2, 0.25) is 5.91 Å². The van der Waals surface area contributed by atoms with Gasteiger partial charge in [-0.05, 0) is 36.0 Å². The molecule has 2 aromatic rings. The van der Waals surface area contributed by atoms with Gasteiger partial charge < -0.3 is 9.80 Å². The van der Waals surface area contributed by atoms with Crippen molar-refractivity contribution in [2.24, 2.45) is 0 Å². The van der Waals surface area contributed by atoms with E-state index in [0.29, 0.717) is 13.0 Å². The highest BCUT2D eigenvalue weighted by Gasteiger charge is 2.19. The summed E-state index contributed by atoms with van der Waals surface area (Å²) in [7, 11) is 1.92. The Morgan fingerprint density at radius 1 is 1.04 bits per heavy atom. The number of hydrogen-bond acceptors (Lipinski definition) is 2. The van der Waals surface area contributed by atoms with Crippen LogP contribution < -0.4 is 4.90 Å².